The van der Waals surface area contributed by atoms with Crippen LogP contribution in [0.1, 0.15) is 41.7 Å². The van der Waals surface area contributed by atoms with Gasteiger partial charge in [-0.2, -0.15) is 13.2 Å². The second-order valence-corrected chi connectivity index (χ2v) is 10.7. The van der Waals surface area contributed by atoms with Crippen LogP contribution in [0.3, 0.4) is 0 Å². The molecule has 1 amide bonds. The summed E-state index contributed by atoms with van der Waals surface area (Å²) in [6.45, 7) is 2.54. The van der Waals surface area contributed by atoms with Gasteiger partial charge in [0.1, 0.15) is 12.3 Å². The highest BCUT2D eigenvalue weighted by atomic mass is 19.4. The summed E-state index contributed by atoms with van der Waals surface area (Å²) in [6.07, 6.45) is -0.226. The van der Waals surface area contributed by atoms with Crippen molar-refractivity contribution in [3.63, 3.8) is 0 Å². The molecule has 3 aromatic rings. The maximum Gasteiger partial charge on any atom is 0.406 e. The molecule has 2 fully saturated rings. The van der Waals surface area contributed by atoms with E-state index in [4.69, 9.17) is 15.2 Å². The molecule has 1 aliphatic heterocycles. The van der Waals surface area contributed by atoms with E-state index < -0.39 is 18.6 Å². The highest BCUT2D eigenvalue weighted by molar-refractivity contribution is 5.94. The highest BCUT2D eigenvalue weighted by Gasteiger charge is 2.31. The van der Waals surface area contributed by atoms with Crippen LogP contribution in [-0.2, 0) is 11.3 Å². The Morgan fingerprint density at radius 3 is 2.55 bits per heavy atom. The van der Waals surface area contributed by atoms with Crippen molar-refractivity contribution >= 4 is 28.2 Å². The molecule has 0 bridgehead atoms. The number of methoxy groups -OCH3 is 1. The van der Waals surface area contributed by atoms with Gasteiger partial charge in [0.15, 0.2) is 0 Å². The number of amides is 1. The predicted molar refractivity (Wildman–Crippen MR) is 157 cm³/mol. The fourth-order valence-electron chi connectivity index (χ4n) is 5.88. The van der Waals surface area contributed by atoms with Gasteiger partial charge in [-0.3, -0.25) is 9.69 Å². The molecule has 42 heavy (non-hydrogen) atoms. The van der Waals surface area contributed by atoms with Crippen LogP contribution in [0, 0.1) is 11.8 Å². The number of hydrogen-bond donors (Lipinski definition) is 3. The smallest absolute Gasteiger partial charge is 0.406 e. The third kappa shape index (κ3) is 7.12. The molecule has 1 saturated heterocycles. The van der Waals surface area contributed by atoms with Crippen LogP contribution in [0.2, 0.25) is 0 Å². The summed E-state index contributed by atoms with van der Waals surface area (Å²) in [5.74, 6) is 5.69. The number of ether oxygens (including phenoxy) is 2. The van der Waals surface area contributed by atoms with Crippen molar-refractivity contribution in [1.82, 2.24) is 9.47 Å². The molecular weight excluding hydrogens is 547 g/mol. The van der Waals surface area contributed by atoms with Crippen molar-refractivity contribution in [2.24, 2.45) is 5.73 Å². The van der Waals surface area contributed by atoms with E-state index in [2.05, 4.69) is 27.4 Å². The SMILES string of the molecule is COc1cc(C(N)=O)ccc1NCC#Cc1cc2c(N[C@H]3CC[C@@H](N4CCOCC4)CC3)cccc2n1CC(F)(F)F. The van der Waals surface area contributed by atoms with Crippen molar-refractivity contribution in [3.05, 3.63) is 53.7 Å². The molecule has 0 unspecified atom stereocenters. The van der Waals surface area contributed by atoms with Crippen molar-refractivity contribution in [1.29, 1.82) is 0 Å². The Hall–Kier alpha value is -3.88. The number of alkyl halides is 3. The number of anilines is 2. The Kier molecular flexibility index (Phi) is 9.14. The van der Waals surface area contributed by atoms with Crippen LogP contribution in [0.25, 0.3) is 10.9 Å². The molecular formula is C31H36F3N5O3. The van der Waals surface area contributed by atoms with Crippen molar-refractivity contribution < 1.29 is 27.4 Å². The van der Waals surface area contributed by atoms with Gasteiger partial charge in [0, 0.05) is 41.8 Å². The number of carbonyl (C=O) groups excluding carboxylic acids is 1. The van der Waals surface area contributed by atoms with E-state index in [-0.39, 0.29) is 18.3 Å². The van der Waals surface area contributed by atoms with Gasteiger partial charge in [-0.25, -0.2) is 0 Å². The Morgan fingerprint density at radius 1 is 1.10 bits per heavy atom. The van der Waals surface area contributed by atoms with E-state index in [1.54, 1.807) is 30.3 Å². The molecule has 11 heteroatoms. The standard InChI is InChI=1S/C31H36F3N5O3/c1-41-29-18-21(30(35)40)7-12-27(29)36-13-3-4-24-19-25-26(5-2-6-28(25)39(24)20-31(32,33)34)37-22-8-10-23(11-9-22)38-14-16-42-17-15-38/h2,5-7,12,18-19,22-23,36-37H,8-11,13-17,20H2,1H3,(H2,35,40)/t22-,23+. The average molecular weight is 584 g/mol. The number of carbonyl (C=O) groups is 1. The van der Waals surface area contributed by atoms with Gasteiger partial charge in [-0.05, 0) is 68.0 Å². The van der Waals surface area contributed by atoms with Gasteiger partial charge < -0.3 is 30.4 Å². The van der Waals surface area contributed by atoms with Gasteiger partial charge >= 0.3 is 6.18 Å². The molecule has 0 atom stereocenters. The lowest BCUT2D eigenvalue weighted by Crippen LogP contribution is -2.46. The Balaban J connectivity index is 1.32. The zero-order chi connectivity index (χ0) is 29.7. The monoisotopic (exact) mass is 583 g/mol. The average Bonchev–Trinajstić information content (AvgIpc) is 3.32. The largest absolute Gasteiger partial charge is 0.495 e. The summed E-state index contributed by atoms with van der Waals surface area (Å²) in [7, 11) is 1.47. The molecule has 8 nitrogen and oxygen atoms in total. The molecule has 2 aromatic carbocycles. The minimum Gasteiger partial charge on any atom is -0.495 e. The highest BCUT2D eigenvalue weighted by Crippen LogP contribution is 2.33. The van der Waals surface area contributed by atoms with Crippen molar-refractivity contribution in [2.45, 2.75) is 50.5 Å². The van der Waals surface area contributed by atoms with Crippen molar-refractivity contribution in [3.8, 4) is 17.6 Å². The lowest BCUT2D eigenvalue weighted by molar-refractivity contribution is -0.140. The number of hydrogen-bond acceptors (Lipinski definition) is 6. The normalized spacial score (nSPS) is 19.6. The summed E-state index contributed by atoms with van der Waals surface area (Å²) in [5.41, 5.74) is 7.81. The molecule has 5 rings (SSSR count). The molecule has 1 aliphatic carbocycles. The third-order valence-corrected chi connectivity index (χ3v) is 7.97. The molecule has 0 radical (unpaired) electrons. The summed E-state index contributed by atoms with van der Waals surface area (Å²) >= 11 is 0. The van der Waals surface area contributed by atoms with Gasteiger partial charge in [-0.1, -0.05) is 12.0 Å². The zero-order valence-corrected chi connectivity index (χ0v) is 23.6. The molecule has 1 saturated carbocycles. The second-order valence-electron chi connectivity index (χ2n) is 10.7. The van der Waals surface area contributed by atoms with E-state index in [0.29, 0.717) is 28.6 Å². The first kappa shape index (κ1) is 29.6. The lowest BCUT2D eigenvalue weighted by Gasteiger charge is -2.39. The van der Waals surface area contributed by atoms with E-state index in [1.807, 2.05) is 6.07 Å². The van der Waals surface area contributed by atoms with E-state index >= 15 is 0 Å². The van der Waals surface area contributed by atoms with Gasteiger partial charge in [0.2, 0.25) is 5.91 Å². The molecule has 1 aromatic heterocycles. The number of morpholine rings is 1. The Morgan fingerprint density at radius 2 is 1.86 bits per heavy atom. The van der Waals surface area contributed by atoms with E-state index in [0.717, 1.165) is 63.1 Å². The Labute approximate surface area is 243 Å². The second kappa shape index (κ2) is 13.0. The molecule has 0 spiro atoms. The summed E-state index contributed by atoms with van der Waals surface area (Å²) in [6, 6.07) is 12.7. The van der Waals surface area contributed by atoms with Gasteiger partial charge in [0.25, 0.3) is 0 Å². The van der Waals surface area contributed by atoms with E-state index in [9.17, 15) is 18.0 Å². The van der Waals surface area contributed by atoms with Crippen LogP contribution in [0.5, 0.6) is 5.75 Å². The Bertz CT molecular complexity index is 1460. The fraction of sp³-hybridized carbons (Fsp3) is 0.452. The molecule has 224 valence electrons. The van der Waals surface area contributed by atoms with Crippen LogP contribution in [0.4, 0.5) is 24.5 Å². The van der Waals surface area contributed by atoms with E-state index in [1.165, 1.54) is 17.7 Å². The number of nitrogens with zero attached hydrogens (tertiary/aromatic N) is 2. The third-order valence-electron chi connectivity index (χ3n) is 7.97. The predicted octanol–water partition coefficient (Wildman–Crippen LogP) is 4.83. The van der Waals surface area contributed by atoms with Crippen LogP contribution in [0.15, 0.2) is 42.5 Å². The molecule has 2 aliphatic rings. The first-order valence-electron chi connectivity index (χ1n) is 14.2. The summed E-state index contributed by atoms with van der Waals surface area (Å²) in [5, 5.41) is 7.43. The molecule has 4 N–H and O–H groups in total. The molecule has 2 heterocycles. The first-order valence-corrected chi connectivity index (χ1v) is 14.2. The maximum atomic E-state index is 13.6. The van der Waals surface area contributed by atoms with Crippen molar-refractivity contribution in [2.75, 3.05) is 50.6 Å². The lowest BCUT2D eigenvalue weighted by atomic mass is 9.89. The number of rotatable bonds is 8. The van der Waals surface area contributed by atoms with Gasteiger partial charge in [-0.15, -0.1) is 0 Å². The minimum atomic E-state index is -4.41. The topological polar surface area (TPSA) is 93.8 Å². The fourth-order valence-corrected chi connectivity index (χ4v) is 5.88. The quantitative estimate of drug-likeness (QED) is 0.329. The van der Waals surface area contributed by atoms with Crippen LogP contribution >= 0.6 is 0 Å². The van der Waals surface area contributed by atoms with Crippen LogP contribution in [-0.4, -0.2) is 73.6 Å². The number of fused-ring (bicyclic) bond motifs is 1. The number of benzene rings is 2. The number of nitrogens with two attached hydrogens (primary N) is 1. The summed E-state index contributed by atoms with van der Waals surface area (Å²) in [4.78, 5) is 14.0. The number of halogens is 3. The first-order chi connectivity index (χ1) is 20.2. The number of primary amides is 1. The number of nitrogens with one attached hydrogen (secondary N) is 2. The zero-order valence-electron chi connectivity index (χ0n) is 23.6. The summed E-state index contributed by atoms with van der Waals surface area (Å²) < 4.78 is 52.9. The number of aromatic nitrogens is 1. The maximum absolute atomic E-state index is 13.6. The van der Waals surface area contributed by atoms with Crippen LogP contribution < -0.4 is 21.1 Å². The minimum absolute atomic E-state index is 0.150. The van der Waals surface area contributed by atoms with Gasteiger partial charge in [0.05, 0.1) is 43.8 Å².